The van der Waals surface area contributed by atoms with Crippen molar-refractivity contribution in [1.29, 1.82) is 0 Å². The van der Waals surface area contributed by atoms with E-state index in [0.29, 0.717) is 0 Å². The summed E-state index contributed by atoms with van der Waals surface area (Å²) in [5, 5.41) is 1.20. The number of hydrogen-bond acceptors (Lipinski definition) is 1. The Balaban J connectivity index is 4.88. The zero-order valence-corrected chi connectivity index (χ0v) is 16.9. The summed E-state index contributed by atoms with van der Waals surface area (Å²) in [6, 6.07) is 0. The zero-order chi connectivity index (χ0) is 14.6. The van der Waals surface area contributed by atoms with Crippen LogP contribution in [0.1, 0.15) is 27.2 Å². The first-order valence-electron chi connectivity index (χ1n) is 6.65. The molecular formula is C14H29BrOSi2. The molecule has 106 valence electrons. The van der Waals surface area contributed by atoms with Gasteiger partial charge in [0.2, 0.25) is 0 Å². The van der Waals surface area contributed by atoms with Crippen molar-refractivity contribution in [2.45, 2.75) is 71.1 Å². The maximum atomic E-state index is 6.40. The van der Waals surface area contributed by atoms with Crippen LogP contribution in [0.25, 0.3) is 0 Å². The maximum Gasteiger partial charge on any atom is 0.193 e. The van der Waals surface area contributed by atoms with Crippen molar-refractivity contribution in [1.82, 2.24) is 0 Å². The SMILES string of the molecule is CC(C)(C)[Si](C)(C)O[C@@H](C#C[Si](C)(C)C)CCBr. The molecule has 0 aromatic rings. The van der Waals surface area contributed by atoms with Crippen LogP contribution in [0.4, 0.5) is 0 Å². The number of halogens is 1. The van der Waals surface area contributed by atoms with E-state index in [-0.39, 0.29) is 11.1 Å². The molecule has 0 heterocycles. The van der Waals surface area contributed by atoms with Gasteiger partial charge in [0.1, 0.15) is 14.2 Å². The van der Waals surface area contributed by atoms with Crippen LogP contribution in [0, 0.1) is 11.5 Å². The Morgan fingerprint density at radius 3 is 1.94 bits per heavy atom. The summed E-state index contributed by atoms with van der Waals surface area (Å²) in [4.78, 5) is 0. The number of hydrogen-bond donors (Lipinski definition) is 0. The lowest BCUT2D eigenvalue weighted by atomic mass is 10.2. The van der Waals surface area contributed by atoms with E-state index in [9.17, 15) is 0 Å². The molecule has 0 saturated carbocycles. The summed E-state index contributed by atoms with van der Waals surface area (Å²) in [7, 11) is -3.02. The summed E-state index contributed by atoms with van der Waals surface area (Å²) in [5.74, 6) is 3.38. The molecule has 0 radical (unpaired) electrons. The minimum atomic E-state index is -1.71. The first-order chi connectivity index (χ1) is 7.89. The Labute approximate surface area is 124 Å². The molecule has 0 aromatic carbocycles. The summed E-state index contributed by atoms with van der Waals surface area (Å²) in [6.45, 7) is 18.2. The van der Waals surface area contributed by atoms with E-state index in [1.807, 2.05) is 0 Å². The molecule has 0 fully saturated rings. The lowest BCUT2D eigenvalue weighted by Gasteiger charge is -2.38. The predicted molar refractivity (Wildman–Crippen MR) is 91.6 cm³/mol. The summed E-state index contributed by atoms with van der Waals surface area (Å²) in [5.41, 5.74) is 3.45. The second-order valence-electron chi connectivity index (χ2n) is 7.36. The highest BCUT2D eigenvalue weighted by Gasteiger charge is 2.38. The maximum absolute atomic E-state index is 6.40. The van der Waals surface area contributed by atoms with Crippen LogP contribution >= 0.6 is 15.9 Å². The third kappa shape index (κ3) is 7.13. The molecule has 0 aliphatic rings. The smallest absolute Gasteiger partial charge is 0.193 e. The van der Waals surface area contributed by atoms with E-state index in [1.165, 1.54) is 0 Å². The minimum absolute atomic E-state index is 0.0944. The van der Waals surface area contributed by atoms with Crippen LogP contribution in [0.3, 0.4) is 0 Å². The topological polar surface area (TPSA) is 9.23 Å². The van der Waals surface area contributed by atoms with Crippen molar-refractivity contribution in [2.24, 2.45) is 0 Å². The van der Waals surface area contributed by atoms with E-state index in [1.54, 1.807) is 0 Å². The Kier molecular flexibility index (Phi) is 6.90. The molecule has 0 N–H and O–H groups in total. The van der Waals surface area contributed by atoms with Crippen molar-refractivity contribution < 1.29 is 4.43 Å². The molecule has 0 aliphatic heterocycles. The Morgan fingerprint density at radius 1 is 1.11 bits per heavy atom. The van der Waals surface area contributed by atoms with Gasteiger partial charge in [-0.1, -0.05) is 62.3 Å². The van der Waals surface area contributed by atoms with Gasteiger partial charge in [0.15, 0.2) is 8.32 Å². The van der Waals surface area contributed by atoms with Gasteiger partial charge in [-0.2, -0.15) is 0 Å². The van der Waals surface area contributed by atoms with Gasteiger partial charge < -0.3 is 4.43 Å². The Hall–Kier alpha value is 0.434. The first-order valence-corrected chi connectivity index (χ1v) is 14.2. The predicted octanol–water partition coefficient (Wildman–Crippen LogP) is 5.04. The van der Waals surface area contributed by atoms with Gasteiger partial charge in [-0.15, -0.1) is 5.54 Å². The molecule has 0 saturated heterocycles. The molecule has 4 heteroatoms. The fourth-order valence-electron chi connectivity index (χ4n) is 1.09. The van der Waals surface area contributed by atoms with E-state index >= 15 is 0 Å². The molecule has 1 atom stereocenters. The Bertz CT molecular complexity index is 315. The van der Waals surface area contributed by atoms with Gasteiger partial charge in [0.25, 0.3) is 0 Å². The molecule has 0 aliphatic carbocycles. The second-order valence-corrected chi connectivity index (χ2v) is 17.7. The van der Waals surface area contributed by atoms with Gasteiger partial charge >= 0.3 is 0 Å². The monoisotopic (exact) mass is 348 g/mol. The van der Waals surface area contributed by atoms with Gasteiger partial charge in [-0.3, -0.25) is 0 Å². The van der Waals surface area contributed by atoms with Crippen LogP contribution in [0.2, 0.25) is 37.8 Å². The average Bonchev–Trinajstić information content (AvgIpc) is 2.11. The van der Waals surface area contributed by atoms with Crippen LogP contribution in [-0.4, -0.2) is 27.8 Å². The Morgan fingerprint density at radius 2 is 1.61 bits per heavy atom. The molecule has 0 amide bonds. The van der Waals surface area contributed by atoms with Crippen molar-refractivity contribution in [3.63, 3.8) is 0 Å². The molecule has 0 unspecified atom stereocenters. The first kappa shape index (κ1) is 18.4. The van der Waals surface area contributed by atoms with Crippen LogP contribution in [0.15, 0.2) is 0 Å². The average molecular weight is 349 g/mol. The summed E-state index contributed by atoms with van der Waals surface area (Å²) < 4.78 is 6.40. The molecule has 1 nitrogen and oxygen atoms in total. The minimum Gasteiger partial charge on any atom is -0.403 e. The number of rotatable bonds is 4. The van der Waals surface area contributed by atoms with Crippen molar-refractivity contribution >= 4 is 32.3 Å². The standard InChI is InChI=1S/C14H29BrOSi2/c1-14(2,3)18(7,8)16-13(9-11-15)10-12-17(4,5)6/h13H,9,11H2,1-8H3/t13-/m1/s1. The fraction of sp³-hybridized carbons (Fsp3) is 0.857. The molecular weight excluding hydrogens is 320 g/mol. The quantitative estimate of drug-likeness (QED) is 0.392. The van der Waals surface area contributed by atoms with E-state index in [0.717, 1.165) is 11.8 Å². The van der Waals surface area contributed by atoms with Crippen LogP contribution < -0.4 is 0 Å². The highest BCUT2D eigenvalue weighted by atomic mass is 79.9. The summed E-state index contributed by atoms with van der Waals surface area (Å²) in [6.07, 6.45) is 1.07. The van der Waals surface area contributed by atoms with Gasteiger partial charge in [0.05, 0.1) is 0 Å². The van der Waals surface area contributed by atoms with Gasteiger partial charge in [-0.25, -0.2) is 0 Å². The van der Waals surface area contributed by atoms with Crippen molar-refractivity contribution in [2.75, 3.05) is 5.33 Å². The second kappa shape index (κ2) is 6.74. The highest BCUT2D eigenvalue weighted by Crippen LogP contribution is 2.37. The zero-order valence-electron chi connectivity index (χ0n) is 13.3. The van der Waals surface area contributed by atoms with Crippen LogP contribution in [-0.2, 0) is 4.43 Å². The summed E-state index contributed by atoms with van der Waals surface area (Å²) >= 11 is 3.51. The lowest BCUT2D eigenvalue weighted by molar-refractivity contribution is 0.231. The third-order valence-corrected chi connectivity index (χ3v) is 9.06. The molecule has 0 spiro atoms. The molecule has 18 heavy (non-hydrogen) atoms. The highest BCUT2D eigenvalue weighted by molar-refractivity contribution is 9.09. The van der Waals surface area contributed by atoms with Crippen molar-refractivity contribution in [3.8, 4) is 11.5 Å². The van der Waals surface area contributed by atoms with Crippen molar-refractivity contribution in [3.05, 3.63) is 0 Å². The number of alkyl halides is 1. The van der Waals surface area contributed by atoms with E-state index in [2.05, 4.69) is 80.9 Å². The lowest BCUT2D eigenvalue weighted by Crippen LogP contribution is -2.43. The van der Waals surface area contributed by atoms with E-state index < -0.39 is 16.4 Å². The van der Waals surface area contributed by atoms with Crippen LogP contribution in [0.5, 0.6) is 0 Å². The molecule has 0 bridgehead atoms. The molecule has 0 aromatic heterocycles. The van der Waals surface area contributed by atoms with Gasteiger partial charge in [0, 0.05) is 5.33 Å². The molecule has 0 rings (SSSR count). The largest absolute Gasteiger partial charge is 0.403 e. The van der Waals surface area contributed by atoms with E-state index in [4.69, 9.17) is 4.43 Å². The van der Waals surface area contributed by atoms with Gasteiger partial charge in [-0.05, 0) is 24.6 Å². The fourth-order valence-corrected chi connectivity index (χ4v) is 3.34. The third-order valence-electron chi connectivity index (χ3n) is 3.22. The normalized spacial score (nSPS) is 14.9.